The zero-order valence-electron chi connectivity index (χ0n) is 7.31. The van der Waals surface area contributed by atoms with Gasteiger partial charge >= 0.3 is 0 Å². The molecule has 0 fully saturated rings. The summed E-state index contributed by atoms with van der Waals surface area (Å²) in [7, 11) is -2.78. The van der Waals surface area contributed by atoms with Gasteiger partial charge in [0.15, 0.2) is 0 Å². The van der Waals surface area contributed by atoms with Crippen molar-refractivity contribution in [3.8, 4) is 0 Å². The van der Waals surface area contributed by atoms with Crippen molar-refractivity contribution in [2.75, 3.05) is 10.0 Å². The molecule has 0 saturated heterocycles. The maximum Gasteiger partial charge on any atom is 0.296 e. The van der Waals surface area contributed by atoms with Crippen LogP contribution in [-0.4, -0.2) is 20.1 Å². The number of hydrogen-bond acceptors (Lipinski definition) is 4. The van der Waals surface area contributed by atoms with E-state index < -0.39 is 22.6 Å². The number of Topliss-reactive ketones (excluding diaryl/α,β-unsaturated/α-hetero) is 1. The molecule has 0 aliphatic carbocycles. The first-order valence-electron chi connectivity index (χ1n) is 3.99. The first kappa shape index (κ1) is 9.66. The fourth-order valence-electron chi connectivity index (χ4n) is 1.32. The Morgan fingerprint density at radius 2 is 1.93 bits per heavy atom. The molecule has 0 saturated carbocycles. The van der Waals surface area contributed by atoms with Crippen LogP contribution in [0, 0.1) is 0 Å². The summed E-state index contributed by atoms with van der Waals surface area (Å²) in [6, 6.07) is 4.25. The highest BCUT2D eigenvalue weighted by molar-refractivity contribution is 7.73. The molecule has 0 atom stereocenters. The number of fused-ring (bicyclic) bond motifs is 1. The minimum atomic E-state index is -2.78. The van der Waals surface area contributed by atoms with Crippen molar-refractivity contribution >= 4 is 34.0 Å². The topological polar surface area (TPSA) is 92.3 Å². The van der Waals surface area contributed by atoms with Gasteiger partial charge in [0.2, 0.25) is 10.9 Å². The summed E-state index contributed by atoms with van der Waals surface area (Å²) in [5, 5.41) is 2.36. The molecule has 2 N–H and O–H groups in total. The van der Waals surface area contributed by atoms with Crippen LogP contribution < -0.4 is 10.0 Å². The molecular weight excluding hydrogens is 220 g/mol. The highest BCUT2D eigenvalue weighted by Crippen LogP contribution is 2.25. The molecule has 15 heavy (non-hydrogen) atoms. The molecule has 78 valence electrons. The van der Waals surface area contributed by atoms with Gasteiger partial charge in [-0.15, -0.1) is 0 Å². The number of amides is 1. The van der Waals surface area contributed by atoms with Gasteiger partial charge in [-0.3, -0.25) is 14.3 Å². The molecule has 0 radical (unpaired) electrons. The first-order valence-corrected chi connectivity index (χ1v) is 5.16. The van der Waals surface area contributed by atoms with Crippen molar-refractivity contribution in [2.45, 2.75) is 0 Å². The van der Waals surface area contributed by atoms with E-state index in [-0.39, 0.29) is 11.3 Å². The number of hydrogen-bond donors (Lipinski definition) is 3. The van der Waals surface area contributed by atoms with Crippen molar-refractivity contribution in [2.24, 2.45) is 0 Å². The number of nitrogens with one attached hydrogen (secondary N) is 2. The van der Waals surface area contributed by atoms with Crippen LogP contribution in [-0.2, 0) is 15.7 Å². The first-order chi connectivity index (χ1) is 7.08. The Balaban J connectivity index is 2.43. The molecule has 2 rings (SSSR count). The lowest BCUT2D eigenvalue weighted by Crippen LogP contribution is -2.12. The summed E-state index contributed by atoms with van der Waals surface area (Å²) in [6.07, 6.45) is 0. The predicted molar refractivity (Wildman–Crippen MR) is 53.3 cm³/mol. The summed E-state index contributed by atoms with van der Waals surface area (Å²) < 4.78 is 22.9. The van der Waals surface area contributed by atoms with E-state index in [0.29, 0.717) is 5.69 Å². The highest BCUT2D eigenvalue weighted by Gasteiger charge is 2.27. The minimum absolute atomic E-state index is 0.182. The molecule has 1 aliphatic heterocycles. The SMILES string of the molecule is O=C1Nc2ccc(N[SH](=O)=O)cc2C1=O. The standard InChI is InChI=1S/C8H6N2O4S/c11-7-5-3-4(10-15(13)14)1-2-6(5)9-8(7)12/h1-3,15H,(H,9,11,12)(H,10,13,14). The molecule has 6 nitrogen and oxygen atoms in total. The molecule has 1 aromatic rings. The molecule has 1 aromatic carbocycles. The van der Waals surface area contributed by atoms with Crippen LogP contribution in [0.4, 0.5) is 11.4 Å². The average Bonchev–Trinajstić information content (AvgIpc) is 2.43. The maximum absolute atomic E-state index is 11.2. The fraction of sp³-hybridized carbons (Fsp3) is 0. The second-order valence-corrected chi connectivity index (χ2v) is 3.65. The molecule has 7 heteroatoms. The molecule has 1 heterocycles. The summed E-state index contributed by atoms with van der Waals surface area (Å²) in [5.41, 5.74) is 0.841. The molecule has 1 aliphatic rings. The van der Waals surface area contributed by atoms with Crippen molar-refractivity contribution in [3.05, 3.63) is 23.8 Å². The van der Waals surface area contributed by atoms with Crippen LogP contribution in [0.3, 0.4) is 0 Å². The Morgan fingerprint density at radius 1 is 1.20 bits per heavy atom. The number of anilines is 2. The summed E-state index contributed by atoms with van der Waals surface area (Å²) in [4.78, 5) is 22.2. The van der Waals surface area contributed by atoms with Gasteiger partial charge < -0.3 is 5.32 Å². The van der Waals surface area contributed by atoms with E-state index >= 15 is 0 Å². The lowest BCUT2D eigenvalue weighted by atomic mass is 10.1. The van der Waals surface area contributed by atoms with Crippen molar-refractivity contribution < 1.29 is 18.0 Å². The lowest BCUT2D eigenvalue weighted by molar-refractivity contribution is -0.112. The second kappa shape index (κ2) is 3.35. The summed E-state index contributed by atoms with van der Waals surface area (Å²) in [5.74, 6) is -1.36. The largest absolute Gasteiger partial charge is 0.318 e. The average molecular weight is 226 g/mol. The van der Waals surface area contributed by atoms with Gasteiger partial charge in [0.25, 0.3) is 11.7 Å². The smallest absolute Gasteiger partial charge is 0.296 e. The lowest BCUT2D eigenvalue weighted by Gasteiger charge is -2.00. The molecule has 0 aromatic heterocycles. The molecular formula is C8H6N2O4S. The van der Waals surface area contributed by atoms with E-state index in [1.807, 2.05) is 0 Å². The number of ketones is 1. The van der Waals surface area contributed by atoms with Crippen molar-refractivity contribution in [1.82, 2.24) is 0 Å². The second-order valence-electron chi connectivity index (χ2n) is 2.91. The van der Waals surface area contributed by atoms with Crippen LogP contribution in [0.15, 0.2) is 18.2 Å². The van der Waals surface area contributed by atoms with Gasteiger partial charge in [-0.2, -0.15) is 0 Å². The Labute approximate surface area is 86.4 Å². The Kier molecular flexibility index (Phi) is 2.16. The zero-order valence-corrected chi connectivity index (χ0v) is 8.21. The third-order valence-corrected chi connectivity index (χ3v) is 2.38. The third kappa shape index (κ3) is 1.68. The van der Waals surface area contributed by atoms with Crippen LogP contribution in [0.25, 0.3) is 0 Å². The molecule has 0 unspecified atom stereocenters. The number of carbonyl (C=O) groups is 2. The van der Waals surface area contributed by atoms with Gasteiger partial charge in [0.1, 0.15) is 0 Å². The van der Waals surface area contributed by atoms with Crippen LogP contribution in [0.2, 0.25) is 0 Å². The van der Waals surface area contributed by atoms with E-state index in [1.54, 1.807) is 0 Å². The van der Waals surface area contributed by atoms with Gasteiger partial charge in [-0.1, -0.05) is 0 Å². The van der Waals surface area contributed by atoms with Gasteiger partial charge in [0, 0.05) is 5.69 Å². The Hall–Kier alpha value is -1.89. The van der Waals surface area contributed by atoms with E-state index in [2.05, 4.69) is 10.0 Å². The van der Waals surface area contributed by atoms with Crippen molar-refractivity contribution in [3.63, 3.8) is 0 Å². The van der Waals surface area contributed by atoms with Crippen molar-refractivity contribution in [1.29, 1.82) is 0 Å². The van der Waals surface area contributed by atoms with Gasteiger partial charge in [-0.25, -0.2) is 8.42 Å². The minimum Gasteiger partial charge on any atom is -0.318 e. The van der Waals surface area contributed by atoms with Gasteiger partial charge in [0.05, 0.1) is 11.3 Å². The summed E-state index contributed by atoms with van der Waals surface area (Å²) in [6.45, 7) is 0. The van der Waals surface area contributed by atoms with E-state index in [1.165, 1.54) is 18.2 Å². The van der Waals surface area contributed by atoms with Crippen LogP contribution in [0.1, 0.15) is 10.4 Å². The number of benzene rings is 1. The Morgan fingerprint density at radius 3 is 2.60 bits per heavy atom. The zero-order chi connectivity index (χ0) is 11.0. The van der Waals surface area contributed by atoms with Crippen LogP contribution >= 0.6 is 0 Å². The monoisotopic (exact) mass is 226 g/mol. The van der Waals surface area contributed by atoms with Gasteiger partial charge in [-0.05, 0) is 18.2 Å². The maximum atomic E-state index is 11.2. The number of thiol groups is 1. The summed E-state index contributed by atoms with van der Waals surface area (Å²) >= 11 is 0. The Bertz CT molecular complexity index is 527. The normalized spacial score (nSPS) is 13.9. The number of carbonyl (C=O) groups excluding carboxylic acids is 2. The molecule has 1 amide bonds. The quantitative estimate of drug-likeness (QED) is 0.479. The predicted octanol–water partition coefficient (Wildman–Crippen LogP) is -0.240. The fourth-order valence-corrected chi connectivity index (χ4v) is 1.67. The third-order valence-electron chi connectivity index (χ3n) is 1.94. The van der Waals surface area contributed by atoms with Crippen LogP contribution in [0.5, 0.6) is 0 Å². The van der Waals surface area contributed by atoms with E-state index in [9.17, 15) is 18.0 Å². The van der Waals surface area contributed by atoms with E-state index in [4.69, 9.17) is 0 Å². The number of rotatable bonds is 2. The molecule has 0 spiro atoms. The van der Waals surface area contributed by atoms with E-state index in [0.717, 1.165) is 0 Å². The highest BCUT2D eigenvalue weighted by atomic mass is 32.2. The molecule has 0 bridgehead atoms.